The predicted octanol–water partition coefficient (Wildman–Crippen LogP) is 3.80. The third-order valence-electron chi connectivity index (χ3n) is 5.05. The van der Waals surface area contributed by atoms with Crippen LogP contribution in [0.3, 0.4) is 0 Å². The van der Waals surface area contributed by atoms with E-state index in [2.05, 4.69) is 32.0 Å². The van der Waals surface area contributed by atoms with Crippen LogP contribution in [0.1, 0.15) is 54.7 Å². The Balaban J connectivity index is 1.90. The molecule has 0 bridgehead atoms. The summed E-state index contributed by atoms with van der Waals surface area (Å²) in [6.07, 6.45) is 7.72. The van der Waals surface area contributed by atoms with Gasteiger partial charge in [0.25, 0.3) is 0 Å². The number of hydrogen-bond donors (Lipinski definition) is 2. The molecule has 1 atom stereocenters. The molecule has 154 valence electrons. The summed E-state index contributed by atoms with van der Waals surface area (Å²) in [6.45, 7) is 4.45. The number of amides is 3. The average Bonchev–Trinajstić information content (AvgIpc) is 3.15. The van der Waals surface area contributed by atoms with Crippen LogP contribution in [0.5, 0.6) is 0 Å². The first-order valence-electron chi connectivity index (χ1n) is 9.92. The second kappa shape index (κ2) is 10.2. The fourth-order valence-electron chi connectivity index (χ4n) is 3.60. The van der Waals surface area contributed by atoms with Gasteiger partial charge in [-0.1, -0.05) is 67.4 Å². The molecule has 1 heterocycles. The van der Waals surface area contributed by atoms with Crippen LogP contribution in [-0.2, 0) is 11.3 Å². The van der Waals surface area contributed by atoms with Crippen LogP contribution < -0.4 is 10.6 Å². The average molecular weight is 414 g/mol. The molecule has 1 aliphatic rings. The molecule has 1 aliphatic carbocycles. The summed E-state index contributed by atoms with van der Waals surface area (Å²) < 4.78 is 2.05. The molecule has 2 aromatic rings. The van der Waals surface area contributed by atoms with Gasteiger partial charge in [0, 0.05) is 19.5 Å². The van der Waals surface area contributed by atoms with Crippen molar-refractivity contribution in [2.75, 3.05) is 7.05 Å². The number of aromatic nitrogens is 3. The summed E-state index contributed by atoms with van der Waals surface area (Å²) in [5.74, 6) is 0.957. The molecule has 3 rings (SSSR count). The first-order valence-corrected chi connectivity index (χ1v) is 10.8. The molecule has 2 N–H and O–H groups in total. The number of allylic oxidation sites excluding steroid dienone is 1. The van der Waals surface area contributed by atoms with Gasteiger partial charge in [-0.15, -0.1) is 16.8 Å². The molecule has 1 fully saturated rings. The SMILES string of the molecule is C=CCn1c(SC(C(=O)NC(=O)NC)c2ccccc2)nnc1C1CCCCC1. The van der Waals surface area contributed by atoms with Crippen LogP contribution >= 0.6 is 11.8 Å². The van der Waals surface area contributed by atoms with Gasteiger partial charge in [0.2, 0.25) is 5.91 Å². The summed E-state index contributed by atoms with van der Waals surface area (Å²) in [6, 6.07) is 8.85. The van der Waals surface area contributed by atoms with Crippen LogP contribution in [0.15, 0.2) is 48.1 Å². The number of rotatable bonds is 7. The van der Waals surface area contributed by atoms with Crippen molar-refractivity contribution in [3.63, 3.8) is 0 Å². The molecule has 7 nitrogen and oxygen atoms in total. The molecular weight excluding hydrogens is 386 g/mol. The molecule has 0 saturated heterocycles. The molecule has 1 aromatic heterocycles. The number of imide groups is 1. The Morgan fingerprint density at radius 2 is 1.97 bits per heavy atom. The molecule has 8 heteroatoms. The van der Waals surface area contributed by atoms with Crippen molar-refractivity contribution in [3.8, 4) is 0 Å². The van der Waals surface area contributed by atoms with Gasteiger partial charge in [0.1, 0.15) is 11.1 Å². The van der Waals surface area contributed by atoms with E-state index in [0.29, 0.717) is 17.6 Å². The maximum atomic E-state index is 12.8. The van der Waals surface area contributed by atoms with E-state index in [4.69, 9.17) is 0 Å². The highest BCUT2D eigenvalue weighted by atomic mass is 32.2. The summed E-state index contributed by atoms with van der Waals surface area (Å²) in [4.78, 5) is 24.5. The Kier molecular flexibility index (Phi) is 7.46. The summed E-state index contributed by atoms with van der Waals surface area (Å²) in [5, 5.41) is 13.7. The van der Waals surface area contributed by atoms with E-state index in [1.807, 2.05) is 36.4 Å². The smallest absolute Gasteiger partial charge is 0.321 e. The molecule has 1 unspecified atom stereocenters. The molecule has 0 radical (unpaired) electrons. The number of carbonyl (C=O) groups is 2. The van der Waals surface area contributed by atoms with E-state index in [0.717, 1.165) is 24.2 Å². The minimum Gasteiger partial charge on any atom is -0.341 e. The van der Waals surface area contributed by atoms with Gasteiger partial charge in [-0.3, -0.25) is 10.1 Å². The number of carbonyl (C=O) groups excluding carboxylic acids is 2. The van der Waals surface area contributed by atoms with E-state index in [-0.39, 0.29) is 0 Å². The van der Waals surface area contributed by atoms with Crippen LogP contribution in [-0.4, -0.2) is 33.8 Å². The van der Waals surface area contributed by atoms with Gasteiger partial charge >= 0.3 is 6.03 Å². The topological polar surface area (TPSA) is 88.9 Å². The Labute approximate surface area is 175 Å². The summed E-state index contributed by atoms with van der Waals surface area (Å²) in [5.41, 5.74) is 0.797. The highest BCUT2D eigenvalue weighted by Gasteiger charge is 2.28. The Hall–Kier alpha value is -2.61. The van der Waals surface area contributed by atoms with E-state index in [1.54, 1.807) is 0 Å². The number of nitrogens with zero attached hydrogens (tertiary/aromatic N) is 3. The number of urea groups is 1. The highest BCUT2D eigenvalue weighted by molar-refractivity contribution is 8.00. The zero-order chi connectivity index (χ0) is 20.6. The van der Waals surface area contributed by atoms with Crippen molar-refractivity contribution >= 4 is 23.7 Å². The summed E-state index contributed by atoms with van der Waals surface area (Å²) >= 11 is 1.30. The third-order valence-corrected chi connectivity index (χ3v) is 6.29. The fourth-order valence-corrected chi connectivity index (χ4v) is 4.65. The molecule has 3 amide bonds. The van der Waals surface area contributed by atoms with Crippen molar-refractivity contribution < 1.29 is 9.59 Å². The second-order valence-electron chi connectivity index (χ2n) is 7.05. The van der Waals surface area contributed by atoms with Gasteiger partial charge in [0.05, 0.1) is 0 Å². The van der Waals surface area contributed by atoms with Crippen molar-refractivity contribution in [2.45, 2.75) is 55.0 Å². The van der Waals surface area contributed by atoms with Crippen LogP contribution in [0.4, 0.5) is 4.79 Å². The summed E-state index contributed by atoms with van der Waals surface area (Å²) in [7, 11) is 1.48. The monoisotopic (exact) mass is 413 g/mol. The van der Waals surface area contributed by atoms with Crippen LogP contribution in [0.25, 0.3) is 0 Å². The van der Waals surface area contributed by atoms with E-state index in [9.17, 15) is 9.59 Å². The third kappa shape index (κ3) is 5.26. The van der Waals surface area contributed by atoms with Gasteiger partial charge in [0.15, 0.2) is 5.16 Å². The Morgan fingerprint density at radius 1 is 1.24 bits per heavy atom. The molecule has 1 saturated carbocycles. The normalized spacial score (nSPS) is 15.5. The quantitative estimate of drug-likeness (QED) is 0.532. The number of hydrogen-bond acceptors (Lipinski definition) is 5. The van der Waals surface area contributed by atoms with E-state index < -0.39 is 17.2 Å². The van der Waals surface area contributed by atoms with E-state index >= 15 is 0 Å². The van der Waals surface area contributed by atoms with E-state index in [1.165, 1.54) is 38.1 Å². The van der Waals surface area contributed by atoms with Gasteiger partial charge in [-0.05, 0) is 18.4 Å². The maximum absolute atomic E-state index is 12.8. The Morgan fingerprint density at radius 3 is 2.62 bits per heavy atom. The molecule has 0 aliphatic heterocycles. The lowest BCUT2D eigenvalue weighted by Gasteiger charge is -2.22. The van der Waals surface area contributed by atoms with Crippen molar-refractivity contribution in [1.82, 2.24) is 25.4 Å². The number of thioether (sulfide) groups is 1. The lowest BCUT2D eigenvalue weighted by Crippen LogP contribution is -2.39. The molecular formula is C21H27N5O2S. The standard InChI is InChI=1S/C21H27N5O2S/c1-3-14-26-18(16-12-8-5-9-13-16)24-25-21(26)29-17(15-10-6-4-7-11-15)19(27)23-20(28)22-2/h3-4,6-7,10-11,16-17H,1,5,8-9,12-14H2,2H3,(H2,22,23,27,28). The zero-order valence-electron chi connectivity index (χ0n) is 16.6. The molecule has 0 spiro atoms. The lowest BCUT2D eigenvalue weighted by molar-refractivity contribution is -0.119. The van der Waals surface area contributed by atoms with Crippen LogP contribution in [0, 0.1) is 0 Å². The number of benzene rings is 1. The molecule has 1 aromatic carbocycles. The first-order chi connectivity index (χ1) is 14.1. The van der Waals surface area contributed by atoms with Gasteiger partial charge in [-0.25, -0.2) is 4.79 Å². The minimum atomic E-state index is -0.625. The fraction of sp³-hybridized carbons (Fsp3) is 0.429. The van der Waals surface area contributed by atoms with Gasteiger partial charge in [-0.2, -0.15) is 0 Å². The maximum Gasteiger partial charge on any atom is 0.321 e. The number of nitrogens with one attached hydrogen (secondary N) is 2. The van der Waals surface area contributed by atoms with Crippen molar-refractivity contribution in [2.24, 2.45) is 0 Å². The second-order valence-corrected chi connectivity index (χ2v) is 8.12. The zero-order valence-corrected chi connectivity index (χ0v) is 17.5. The van der Waals surface area contributed by atoms with Crippen molar-refractivity contribution in [1.29, 1.82) is 0 Å². The molecule has 29 heavy (non-hydrogen) atoms. The first kappa shape index (κ1) is 21.1. The minimum absolute atomic E-state index is 0.389. The van der Waals surface area contributed by atoms with Crippen LogP contribution in [0.2, 0.25) is 0 Å². The Bertz CT molecular complexity index is 846. The largest absolute Gasteiger partial charge is 0.341 e. The van der Waals surface area contributed by atoms with Gasteiger partial charge < -0.3 is 9.88 Å². The highest BCUT2D eigenvalue weighted by Crippen LogP contribution is 2.38. The lowest BCUT2D eigenvalue weighted by atomic mass is 9.89. The van der Waals surface area contributed by atoms with Crippen molar-refractivity contribution in [3.05, 3.63) is 54.4 Å². The predicted molar refractivity (Wildman–Crippen MR) is 114 cm³/mol.